The molecule has 1 amide bonds. The van der Waals surface area contributed by atoms with Crippen LogP contribution in [0.3, 0.4) is 0 Å². The van der Waals surface area contributed by atoms with Crippen molar-refractivity contribution in [1.29, 1.82) is 0 Å². The van der Waals surface area contributed by atoms with E-state index in [1.165, 1.54) is 10.4 Å². The van der Waals surface area contributed by atoms with Crippen LogP contribution in [-0.2, 0) is 10.0 Å². The lowest BCUT2D eigenvalue weighted by Gasteiger charge is -2.25. The molecule has 1 aromatic heterocycles. The minimum Gasteiger partial charge on any atom is -0.392 e. The van der Waals surface area contributed by atoms with Crippen LogP contribution in [-0.4, -0.2) is 49.5 Å². The van der Waals surface area contributed by atoms with Crippen LogP contribution in [0.15, 0.2) is 16.3 Å². The van der Waals surface area contributed by atoms with Gasteiger partial charge in [-0.3, -0.25) is 4.79 Å². The topological polar surface area (TPSA) is 86.7 Å². The van der Waals surface area contributed by atoms with E-state index in [1.807, 2.05) is 0 Å². The molecule has 0 bridgehead atoms. The van der Waals surface area contributed by atoms with Crippen molar-refractivity contribution in [3.63, 3.8) is 0 Å². The van der Waals surface area contributed by atoms with Gasteiger partial charge in [-0.05, 0) is 31.2 Å². The van der Waals surface area contributed by atoms with Crippen molar-refractivity contribution >= 4 is 27.3 Å². The van der Waals surface area contributed by atoms with E-state index in [2.05, 4.69) is 5.32 Å². The third kappa shape index (κ3) is 3.82. The second kappa shape index (κ2) is 6.87. The molecule has 21 heavy (non-hydrogen) atoms. The van der Waals surface area contributed by atoms with Gasteiger partial charge in [0.15, 0.2) is 0 Å². The first-order valence-electron chi connectivity index (χ1n) is 6.97. The van der Waals surface area contributed by atoms with Gasteiger partial charge in [0.05, 0.1) is 6.10 Å². The van der Waals surface area contributed by atoms with E-state index in [9.17, 15) is 18.3 Å². The Hall–Kier alpha value is -0.960. The summed E-state index contributed by atoms with van der Waals surface area (Å²) in [5, 5.41) is 13.3. The molecule has 0 radical (unpaired) electrons. The minimum absolute atomic E-state index is 0.0671. The number of rotatable bonds is 5. The number of nitrogens with one attached hydrogen (secondary N) is 1. The van der Waals surface area contributed by atoms with Crippen molar-refractivity contribution in [3.05, 3.63) is 16.3 Å². The Kier molecular flexibility index (Phi) is 5.37. The average molecular weight is 332 g/mol. The maximum Gasteiger partial charge on any atom is 0.262 e. The van der Waals surface area contributed by atoms with E-state index in [0.29, 0.717) is 13.1 Å². The molecule has 1 fully saturated rings. The average Bonchev–Trinajstić information content (AvgIpc) is 2.96. The standard InChI is InChI=1S/C13H20N2O4S2/c1-10(16)9-14-13(17)12-11(5-8-20-12)21(18,19)15-6-3-2-4-7-15/h5,8,10,16H,2-4,6-7,9H2,1H3,(H,14,17). The van der Waals surface area contributed by atoms with Crippen LogP contribution < -0.4 is 5.32 Å². The Balaban J connectivity index is 2.20. The van der Waals surface area contributed by atoms with Gasteiger partial charge >= 0.3 is 0 Å². The van der Waals surface area contributed by atoms with Crippen molar-refractivity contribution in [2.45, 2.75) is 37.2 Å². The van der Waals surface area contributed by atoms with Crippen molar-refractivity contribution in [1.82, 2.24) is 9.62 Å². The van der Waals surface area contributed by atoms with Crippen LogP contribution in [0.5, 0.6) is 0 Å². The Bertz CT molecular complexity index is 589. The van der Waals surface area contributed by atoms with Gasteiger partial charge in [0.25, 0.3) is 5.91 Å². The number of carbonyl (C=O) groups excluding carboxylic acids is 1. The summed E-state index contributed by atoms with van der Waals surface area (Å²) in [5.41, 5.74) is 0. The third-order valence-corrected chi connectivity index (χ3v) is 6.31. The molecule has 1 aliphatic rings. The fourth-order valence-electron chi connectivity index (χ4n) is 2.23. The highest BCUT2D eigenvalue weighted by molar-refractivity contribution is 7.89. The van der Waals surface area contributed by atoms with E-state index in [-0.39, 0.29) is 16.3 Å². The number of hydrogen-bond donors (Lipinski definition) is 2. The van der Waals surface area contributed by atoms with Crippen LogP contribution in [0, 0.1) is 0 Å². The lowest BCUT2D eigenvalue weighted by Crippen LogP contribution is -2.37. The molecule has 0 spiro atoms. The Morgan fingerprint density at radius 1 is 1.43 bits per heavy atom. The summed E-state index contributed by atoms with van der Waals surface area (Å²) in [6.45, 7) is 2.67. The molecule has 1 saturated heterocycles. The van der Waals surface area contributed by atoms with E-state index in [4.69, 9.17) is 0 Å². The summed E-state index contributed by atoms with van der Waals surface area (Å²) in [5.74, 6) is -0.457. The van der Waals surface area contributed by atoms with Crippen molar-refractivity contribution in [2.75, 3.05) is 19.6 Å². The number of nitrogens with zero attached hydrogens (tertiary/aromatic N) is 1. The molecule has 2 N–H and O–H groups in total. The van der Waals surface area contributed by atoms with E-state index in [0.717, 1.165) is 30.6 Å². The molecule has 1 atom stereocenters. The maximum absolute atomic E-state index is 12.6. The van der Waals surface area contributed by atoms with Gasteiger partial charge in [0, 0.05) is 19.6 Å². The normalized spacial score (nSPS) is 18.4. The number of hydrogen-bond acceptors (Lipinski definition) is 5. The lowest BCUT2D eigenvalue weighted by molar-refractivity contribution is 0.0925. The number of sulfonamides is 1. The van der Waals surface area contributed by atoms with Gasteiger partial charge in [-0.25, -0.2) is 8.42 Å². The van der Waals surface area contributed by atoms with E-state index < -0.39 is 22.0 Å². The summed E-state index contributed by atoms with van der Waals surface area (Å²) in [4.78, 5) is 12.3. The zero-order valence-electron chi connectivity index (χ0n) is 11.9. The molecule has 0 saturated carbocycles. The monoisotopic (exact) mass is 332 g/mol. The quantitative estimate of drug-likeness (QED) is 0.843. The van der Waals surface area contributed by atoms with Crippen LogP contribution in [0.2, 0.25) is 0 Å². The third-order valence-electron chi connectivity index (χ3n) is 3.33. The summed E-state index contributed by atoms with van der Waals surface area (Å²) < 4.78 is 26.7. The number of aliphatic hydroxyl groups excluding tert-OH is 1. The fraction of sp³-hybridized carbons (Fsp3) is 0.615. The first kappa shape index (κ1) is 16.4. The molecule has 0 aromatic carbocycles. The van der Waals surface area contributed by atoms with Gasteiger partial charge in [-0.1, -0.05) is 6.42 Å². The molecule has 2 heterocycles. The highest BCUT2D eigenvalue weighted by Crippen LogP contribution is 2.27. The molecule has 6 nitrogen and oxygen atoms in total. The molecule has 0 aliphatic carbocycles. The Labute approximate surface area is 128 Å². The smallest absolute Gasteiger partial charge is 0.262 e. The predicted octanol–water partition coefficient (Wildman–Crippen LogP) is 1.03. The van der Waals surface area contributed by atoms with Gasteiger partial charge in [0.1, 0.15) is 9.77 Å². The van der Waals surface area contributed by atoms with Gasteiger partial charge < -0.3 is 10.4 Å². The van der Waals surface area contributed by atoms with Crippen molar-refractivity contribution in [2.24, 2.45) is 0 Å². The number of piperidine rings is 1. The number of carbonyl (C=O) groups is 1. The van der Waals surface area contributed by atoms with E-state index in [1.54, 1.807) is 12.3 Å². The summed E-state index contributed by atoms with van der Waals surface area (Å²) in [6.07, 6.45) is 2.08. The van der Waals surface area contributed by atoms with Gasteiger partial charge in [0.2, 0.25) is 10.0 Å². The Morgan fingerprint density at radius 2 is 2.10 bits per heavy atom. The van der Waals surface area contributed by atoms with Gasteiger partial charge in [-0.2, -0.15) is 4.31 Å². The fourth-order valence-corrected chi connectivity index (χ4v) is 5.07. The maximum atomic E-state index is 12.6. The highest BCUT2D eigenvalue weighted by atomic mass is 32.2. The predicted molar refractivity (Wildman–Crippen MR) is 80.9 cm³/mol. The molecular weight excluding hydrogens is 312 g/mol. The molecular formula is C13H20N2O4S2. The minimum atomic E-state index is -3.61. The van der Waals surface area contributed by atoms with Crippen LogP contribution in [0.1, 0.15) is 35.9 Å². The first-order chi connectivity index (χ1) is 9.93. The molecule has 1 unspecified atom stereocenters. The second-order valence-electron chi connectivity index (χ2n) is 5.14. The largest absolute Gasteiger partial charge is 0.392 e. The van der Waals surface area contributed by atoms with Crippen molar-refractivity contribution < 1.29 is 18.3 Å². The zero-order valence-corrected chi connectivity index (χ0v) is 13.5. The van der Waals surface area contributed by atoms with Crippen molar-refractivity contribution in [3.8, 4) is 0 Å². The molecule has 1 aromatic rings. The molecule has 1 aliphatic heterocycles. The summed E-state index contributed by atoms with van der Waals surface area (Å²) >= 11 is 1.10. The van der Waals surface area contributed by atoms with Gasteiger partial charge in [-0.15, -0.1) is 11.3 Å². The van der Waals surface area contributed by atoms with Crippen LogP contribution >= 0.6 is 11.3 Å². The highest BCUT2D eigenvalue weighted by Gasteiger charge is 2.30. The van der Waals surface area contributed by atoms with Crippen LogP contribution in [0.4, 0.5) is 0 Å². The lowest BCUT2D eigenvalue weighted by atomic mass is 10.2. The number of amides is 1. The summed E-state index contributed by atoms with van der Waals surface area (Å²) in [6, 6.07) is 1.48. The SMILES string of the molecule is CC(O)CNC(=O)c1sccc1S(=O)(=O)N1CCCCC1. The molecule has 8 heteroatoms. The zero-order chi connectivity index (χ0) is 15.5. The second-order valence-corrected chi connectivity index (χ2v) is 7.96. The molecule has 118 valence electrons. The Morgan fingerprint density at radius 3 is 2.71 bits per heavy atom. The number of thiophene rings is 1. The van der Waals surface area contributed by atoms with E-state index >= 15 is 0 Å². The van der Waals surface area contributed by atoms with Crippen LogP contribution in [0.25, 0.3) is 0 Å². The molecule has 2 rings (SSSR count). The number of aliphatic hydroxyl groups is 1. The first-order valence-corrected chi connectivity index (χ1v) is 9.29. The summed E-state index contributed by atoms with van der Waals surface area (Å²) in [7, 11) is -3.61.